The number of nitrogens with zero attached hydrogens (tertiary/aromatic N) is 1. The van der Waals surface area contributed by atoms with Crippen molar-refractivity contribution < 1.29 is 14.8 Å². The molecule has 21 heavy (non-hydrogen) atoms. The highest BCUT2D eigenvalue weighted by molar-refractivity contribution is 5.51. The smallest absolute Gasteiger partial charge is 0.311 e. The van der Waals surface area contributed by atoms with E-state index in [1.165, 1.54) is 6.07 Å². The molecule has 0 aromatic heterocycles. The standard InChI is InChI=1S/C16H17NO4/c1-3-14(18)12-6-4-5-7-15(12)21-16-10-11(2)8-9-13(16)17(19)20/h4-10,14,18H,3H2,1-2H3/t14-/m1/s1. The maximum atomic E-state index is 11.1. The van der Waals surface area contributed by atoms with Gasteiger partial charge in [0.05, 0.1) is 11.0 Å². The van der Waals surface area contributed by atoms with Crippen molar-refractivity contribution in [1.29, 1.82) is 0 Å². The fraction of sp³-hybridized carbons (Fsp3) is 0.250. The molecule has 2 rings (SSSR count). The lowest BCUT2D eigenvalue weighted by atomic mass is 10.1. The Morgan fingerprint density at radius 2 is 1.95 bits per heavy atom. The van der Waals surface area contributed by atoms with E-state index in [1.54, 1.807) is 36.4 Å². The van der Waals surface area contributed by atoms with Crippen LogP contribution in [0, 0.1) is 17.0 Å². The molecule has 1 atom stereocenters. The van der Waals surface area contributed by atoms with E-state index in [0.717, 1.165) is 5.56 Å². The van der Waals surface area contributed by atoms with Gasteiger partial charge in [0.25, 0.3) is 0 Å². The lowest BCUT2D eigenvalue weighted by molar-refractivity contribution is -0.385. The zero-order valence-electron chi connectivity index (χ0n) is 11.9. The van der Waals surface area contributed by atoms with Crippen molar-refractivity contribution in [2.24, 2.45) is 0 Å². The third kappa shape index (κ3) is 3.38. The molecule has 0 bridgehead atoms. The van der Waals surface area contributed by atoms with E-state index in [2.05, 4.69) is 0 Å². The number of aliphatic hydroxyl groups excluding tert-OH is 1. The summed E-state index contributed by atoms with van der Waals surface area (Å²) in [6.45, 7) is 3.69. The second-order valence-electron chi connectivity index (χ2n) is 4.79. The highest BCUT2D eigenvalue weighted by Crippen LogP contribution is 2.35. The molecule has 0 aliphatic heterocycles. The van der Waals surface area contributed by atoms with Gasteiger partial charge in [-0.3, -0.25) is 10.1 Å². The molecule has 0 radical (unpaired) electrons. The molecule has 110 valence electrons. The largest absolute Gasteiger partial charge is 0.450 e. The Hall–Kier alpha value is -2.40. The van der Waals surface area contributed by atoms with E-state index in [4.69, 9.17) is 4.74 Å². The van der Waals surface area contributed by atoms with Crippen molar-refractivity contribution in [3.05, 3.63) is 63.7 Å². The molecule has 2 aromatic carbocycles. The predicted octanol–water partition coefficient (Wildman–Crippen LogP) is 4.14. The molecule has 5 nitrogen and oxygen atoms in total. The summed E-state index contributed by atoms with van der Waals surface area (Å²) in [7, 11) is 0. The minimum absolute atomic E-state index is 0.0959. The van der Waals surface area contributed by atoms with Gasteiger partial charge in [-0.2, -0.15) is 0 Å². The van der Waals surface area contributed by atoms with Crippen molar-refractivity contribution in [2.45, 2.75) is 26.4 Å². The first-order valence-electron chi connectivity index (χ1n) is 6.72. The van der Waals surface area contributed by atoms with Gasteiger partial charge < -0.3 is 9.84 Å². The number of para-hydroxylation sites is 1. The average molecular weight is 287 g/mol. The van der Waals surface area contributed by atoms with E-state index in [0.29, 0.717) is 17.7 Å². The minimum Gasteiger partial charge on any atom is -0.450 e. The van der Waals surface area contributed by atoms with Crippen LogP contribution in [0.25, 0.3) is 0 Å². The first-order chi connectivity index (χ1) is 10.0. The van der Waals surface area contributed by atoms with Gasteiger partial charge in [-0.05, 0) is 31.0 Å². The summed E-state index contributed by atoms with van der Waals surface area (Å²) in [5.41, 5.74) is 1.39. The molecule has 0 saturated carbocycles. The molecule has 0 spiro atoms. The molecular formula is C16H17NO4. The Balaban J connectivity index is 2.43. The molecule has 0 amide bonds. The molecule has 0 unspecified atom stereocenters. The Bertz CT molecular complexity index is 654. The molecule has 0 aliphatic rings. The molecule has 5 heteroatoms. The number of nitro benzene ring substituents is 1. The van der Waals surface area contributed by atoms with Crippen LogP contribution in [0.5, 0.6) is 11.5 Å². The first kappa shape index (κ1) is 15.0. The average Bonchev–Trinajstić information content (AvgIpc) is 2.47. The second kappa shape index (κ2) is 6.37. The highest BCUT2D eigenvalue weighted by atomic mass is 16.6. The van der Waals surface area contributed by atoms with Gasteiger partial charge in [0.1, 0.15) is 5.75 Å². The van der Waals surface area contributed by atoms with Crippen LogP contribution in [0.2, 0.25) is 0 Å². The van der Waals surface area contributed by atoms with E-state index < -0.39 is 11.0 Å². The zero-order valence-corrected chi connectivity index (χ0v) is 11.9. The van der Waals surface area contributed by atoms with Crippen molar-refractivity contribution in [3.63, 3.8) is 0 Å². The molecule has 1 N–H and O–H groups in total. The first-order valence-corrected chi connectivity index (χ1v) is 6.72. The number of aryl methyl sites for hydroxylation is 1. The number of nitro groups is 1. The summed E-state index contributed by atoms with van der Waals surface area (Å²) >= 11 is 0. The Morgan fingerprint density at radius 3 is 2.62 bits per heavy atom. The van der Waals surface area contributed by atoms with Crippen LogP contribution in [0.3, 0.4) is 0 Å². The summed E-state index contributed by atoms with van der Waals surface area (Å²) in [5.74, 6) is 0.608. The third-order valence-corrected chi connectivity index (χ3v) is 3.20. The van der Waals surface area contributed by atoms with Crippen LogP contribution in [0.15, 0.2) is 42.5 Å². The van der Waals surface area contributed by atoms with Gasteiger partial charge in [-0.1, -0.05) is 31.2 Å². The van der Waals surface area contributed by atoms with Crippen molar-refractivity contribution in [2.75, 3.05) is 0 Å². The summed E-state index contributed by atoms with van der Waals surface area (Å²) < 4.78 is 5.70. The molecule has 0 heterocycles. The summed E-state index contributed by atoms with van der Waals surface area (Å²) in [5, 5.41) is 21.1. The Morgan fingerprint density at radius 1 is 1.24 bits per heavy atom. The van der Waals surface area contributed by atoms with Crippen LogP contribution in [-0.2, 0) is 0 Å². The highest BCUT2D eigenvalue weighted by Gasteiger charge is 2.18. The maximum Gasteiger partial charge on any atom is 0.311 e. The van der Waals surface area contributed by atoms with Gasteiger partial charge in [0.2, 0.25) is 5.75 Å². The van der Waals surface area contributed by atoms with E-state index in [9.17, 15) is 15.2 Å². The number of ether oxygens (including phenoxy) is 1. The number of aliphatic hydroxyl groups is 1. The van der Waals surface area contributed by atoms with Gasteiger partial charge in [-0.15, -0.1) is 0 Å². The van der Waals surface area contributed by atoms with Gasteiger partial charge in [0, 0.05) is 11.6 Å². The van der Waals surface area contributed by atoms with Crippen LogP contribution < -0.4 is 4.74 Å². The van der Waals surface area contributed by atoms with Crippen LogP contribution in [0.1, 0.15) is 30.6 Å². The Labute approximate surface area is 123 Å². The second-order valence-corrected chi connectivity index (χ2v) is 4.79. The topological polar surface area (TPSA) is 72.6 Å². The van der Waals surface area contributed by atoms with Crippen molar-refractivity contribution >= 4 is 5.69 Å². The number of rotatable bonds is 5. The van der Waals surface area contributed by atoms with Crippen LogP contribution in [0.4, 0.5) is 5.69 Å². The lowest BCUT2D eigenvalue weighted by Crippen LogP contribution is -2.00. The molecular weight excluding hydrogens is 270 g/mol. The van der Waals surface area contributed by atoms with E-state index in [1.807, 2.05) is 13.8 Å². The molecule has 0 saturated heterocycles. The van der Waals surface area contributed by atoms with Crippen LogP contribution in [-0.4, -0.2) is 10.0 Å². The van der Waals surface area contributed by atoms with Crippen molar-refractivity contribution in [1.82, 2.24) is 0 Å². The van der Waals surface area contributed by atoms with E-state index >= 15 is 0 Å². The summed E-state index contributed by atoms with van der Waals surface area (Å²) in [6.07, 6.45) is -0.124. The molecule has 2 aromatic rings. The maximum absolute atomic E-state index is 11.1. The third-order valence-electron chi connectivity index (χ3n) is 3.20. The number of benzene rings is 2. The quantitative estimate of drug-likeness (QED) is 0.662. The van der Waals surface area contributed by atoms with Gasteiger partial charge in [-0.25, -0.2) is 0 Å². The predicted molar refractivity (Wildman–Crippen MR) is 79.6 cm³/mol. The monoisotopic (exact) mass is 287 g/mol. The number of hydrogen-bond donors (Lipinski definition) is 1. The summed E-state index contributed by atoms with van der Waals surface area (Å²) in [4.78, 5) is 10.6. The normalized spacial score (nSPS) is 12.0. The lowest BCUT2D eigenvalue weighted by Gasteiger charge is -2.14. The van der Waals surface area contributed by atoms with E-state index in [-0.39, 0.29) is 11.4 Å². The zero-order chi connectivity index (χ0) is 15.4. The van der Waals surface area contributed by atoms with Crippen LogP contribution >= 0.6 is 0 Å². The molecule has 0 aliphatic carbocycles. The fourth-order valence-corrected chi connectivity index (χ4v) is 2.04. The number of hydrogen-bond acceptors (Lipinski definition) is 4. The minimum atomic E-state index is -0.662. The Kier molecular flexibility index (Phi) is 4.55. The van der Waals surface area contributed by atoms with Crippen molar-refractivity contribution in [3.8, 4) is 11.5 Å². The van der Waals surface area contributed by atoms with Gasteiger partial charge >= 0.3 is 5.69 Å². The molecule has 0 fully saturated rings. The van der Waals surface area contributed by atoms with Gasteiger partial charge in [0.15, 0.2) is 0 Å². The SMILES string of the molecule is CC[C@@H](O)c1ccccc1Oc1cc(C)ccc1[N+](=O)[O-]. The summed E-state index contributed by atoms with van der Waals surface area (Å²) in [6, 6.07) is 11.7. The fourth-order valence-electron chi connectivity index (χ4n) is 2.04.